The Morgan fingerprint density at radius 3 is 0.802 bits per heavy atom. The Kier molecular flexibility index (Phi) is 35.9. The molecule has 86 heavy (non-hydrogen) atoms. The molecule has 0 radical (unpaired) electrons. The van der Waals surface area contributed by atoms with E-state index in [0.717, 1.165) is 72.9 Å². The molecule has 472 valence electrons. The molecule has 6 fully saturated rings. The summed E-state index contributed by atoms with van der Waals surface area (Å²) >= 11 is 0. The minimum atomic E-state index is -0.117. The fourth-order valence-corrected chi connectivity index (χ4v) is 12.9. The Labute approximate surface area is 551 Å². The van der Waals surface area contributed by atoms with Crippen LogP contribution in [0.15, 0.2) is 84.9 Å². The summed E-state index contributed by atoms with van der Waals surface area (Å²) in [5.74, 6) is 0.587. The van der Waals surface area contributed by atoms with Crippen LogP contribution in [0.25, 0.3) is 0 Å². The van der Waals surface area contributed by atoms with Gasteiger partial charge in [-0.25, -0.2) is 0 Å². The van der Waals surface area contributed by atoms with Crippen LogP contribution < -0.4 is 20.4 Å². The van der Waals surface area contributed by atoms with E-state index in [1.54, 1.807) is 0 Å². The molecule has 0 aromatic heterocycles. The average Bonchev–Trinajstić information content (AvgIpc) is 1.15. The van der Waals surface area contributed by atoms with E-state index in [0.29, 0.717) is 35.7 Å². The number of nitrogens with zero attached hydrogens (tertiary/aromatic N) is 2. The third-order valence-electron chi connectivity index (χ3n) is 18.2. The number of ether oxygens (including phenoxy) is 2. The normalized spacial score (nSPS) is 18.2. The summed E-state index contributed by atoms with van der Waals surface area (Å²) in [4.78, 5) is 5.54. The van der Waals surface area contributed by atoms with Gasteiger partial charge in [-0.3, -0.25) is 9.80 Å². The van der Waals surface area contributed by atoms with Crippen molar-refractivity contribution < 1.29 is 68.9 Å². The topological polar surface area (TPSA) is 117 Å². The quantitative estimate of drug-likeness (QED) is 0.144. The number of benzene rings is 4. The van der Waals surface area contributed by atoms with Gasteiger partial charge in [-0.2, -0.15) is 0 Å². The van der Waals surface area contributed by atoms with E-state index in [-0.39, 0.29) is 73.8 Å². The van der Waals surface area contributed by atoms with Crippen molar-refractivity contribution in [3.05, 3.63) is 129 Å². The van der Waals surface area contributed by atoms with Crippen LogP contribution >= 0.6 is 0 Å². The Hall–Kier alpha value is -2.51. The molecule has 4 aromatic carbocycles. The summed E-state index contributed by atoms with van der Waals surface area (Å²) in [6.07, 6.45) is 32.0. The van der Waals surface area contributed by atoms with Crippen LogP contribution in [-0.2, 0) is 96.4 Å². The van der Waals surface area contributed by atoms with Crippen LogP contribution in [0.4, 0.5) is 0 Å². The number of hydrogen-bond acceptors (Lipinski definition) is 8. The fraction of sp³-hybridized carbons (Fsp3) is 0.684. The second-order valence-corrected chi connectivity index (χ2v) is 29.4. The number of hydrogen-bond donors (Lipinski definition) is 0. The van der Waals surface area contributed by atoms with Gasteiger partial charge in [0, 0.05) is 63.7 Å². The summed E-state index contributed by atoms with van der Waals surface area (Å²) in [7, 11) is 0. The molecule has 2 aliphatic heterocycles. The molecule has 0 atom stereocenters. The summed E-state index contributed by atoms with van der Waals surface area (Å²) in [5, 5.41) is 47.4. The van der Waals surface area contributed by atoms with Crippen LogP contribution in [0.5, 0.6) is 11.5 Å². The van der Waals surface area contributed by atoms with E-state index in [9.17, 15) is 20.4 Å². The van der Waals surface area contributed by atoms with Crippen molar-refractivity contribution in [3.63, 3.8) is 0 Å². The van der Waals surface area contributed by atoms with Crippen LogP contribution in [0.1, 0.15) is 282 Å². The van der Waals surface area contributed by atoms with Crippen LogP contribution in [0, 0.1) is 0 Å². The molecule has 4 saturated carbocycles. The molecule has 0 spiro atoms. The first-order valence-electron chi connectivity index (χ1n) is 33.6. The summed E-state index contributed by atoms with van der Waals surface area (Å²) in [6, 6.07) is 30.1. The van der Waals surface area contributed by atoms with Crippen molar-refractivity contribution in [2.75, 3.05) is 26.4 Å². The molecule has 4 aliphatic carbocycles. The van der Waals surface area contributed by atoms with Crippen molar-refractivity contribution in [2.45, 2.75) is 309 Å². The molecule has 10 rings (SSSR count). The van der Waals surface area contributed by atoms with Crippen LogP contribution in [0.3, 0.4) is 0 Å². The average molecular weight is 1290 g/mol. The van der Waals surface area contributed by atoms with E-state index in [4.69, 9.17) is 9.47 Å². The van der Waals surface area contributed by atoms with Gasteiger partial charge >= 0.3 is 39.0 Å². The van der Waals surface area contributed by atoms with Gasteiger partial charge in [0.2, 0.25) is 0 Å². The minimum absolute atomic E-state index is 0. The Morgan fingerprint density at radius 1 is 0.360 bits per heavy atom. The summed E-state index contributed by atoms with van der Waals surface area (Å²) < 4.78 is 9.89. The molecule has 0 N–H and O–H groups in total. The van der Waals surface area contributed by atoms with Crippen LogP contribution in [0.2, 0.25) is 0 Å². The molecular formula is C76H118N2O6Zn2. The Balaban J connectivity index is 0.000000312. The maximum atomic E-state index is 13.6. The van der Waals surface area contributed by atoms with E-state index in [2.05, 4.69) is 117 Å². The smallest absolute Gasteiger partial charge is 0.872 e. The molecule has 2 heterocycles. The first-order chi connectivity index (χ1) is 40.0. The van der Waals surface area contributed by atoms with Gasteiger partial charge in [-0.05, 0) is 132 Å². The van der Waals surface area contributed by atoms with E-state index in [1.807, 2.05) is 60.7 Å². The van der Waals surface area contributed by atoms with Crippen molar-refractivity contribution in [1.29, 1.82) is 0 Å². The summed E-state index contributed by atoms with van der Waals surface area (Å²) in [5.41, 5.74) is 8.28. The predicted molar refractivity (Wildman–Crippen MR) is 346 cm³/mol. The minimum Gasteiger partial charge on any atom is -0.872 e. The maximum Gasteiger partial charge on any atom is 2.00 e. The zero-order valence-electron chi connectivity index (χ0n) is 56.8. The zero-order chi connectivity index (χ0) is 61.2. The van der Waals surface area contributed by atoms with E-state index < -0.39 is 0 Å². The third kappa shape index (κ3) is 27.1. The largest absolute Gasteiger partial charge is 2.00 e. The third-order valence-corrected chi connectivity index (χ3v) is 18.2. The molecule has 8 nitrogen and oxygen atoms in total. The molecule has 10 heteroatoms. The SMILES string of the molecule is C1CCOC1.C1CCOC1.CC(C)(C)c1cc(CN(C2CCCCC2)C2CCCCC2)c([O-])c(C(C)(C)C)c1.CC(C)(C)c1cc(CN(C2CCCCC2)C2CCCCC2)c([O-])c(C(C)(C)C)c1.[O-]Cc1ccccc1.[O-]Cc1ccccc1.[Zn+2].[Zn+2]. The summed E-state index contributed by atoms with van der Waals surface area (Å²) in [6.45, 7) is 32.2. The predicted octanol–water partition coefficient (Wildman–Crippen LogP) is 16.3. The second-order valence-electron chi connectivity index (χ2n) is 29.4. The van der Waals surface area contributed by atoms with Crippen molar-refractivity contribution in [3.8, 4) is 11.5 Å². The van der Waals surface area contributed by atoms with Gasteiger partial charge < -0.3 is 29.9 Å². The number of rotatable bonds is 10. The van der Waals surface area contributed by atoms with Gasteiger partial charge in [0.05, 0.1) is 0 Å². The Bertz CT molecular complexity index is 2170. The maximum absolute atomic E-state index is 13.6. The van der Waals surface area contributed by atoms with Gasteiger partial charge in [0.15, 0.2) is 0 Å². The Morgan fingerprint density at radius 2 is 0.616 bits per heavy atom. The van der Waals surface area contributed by atoms with Gasteiger partial charge in [-0.15, -0.1) is 24.7 Å². The van der Waals surface area contributed by atoms with Gasteiger partial charge in [0.25, 0.3) is 0 Å². The fourth-order valence-electron chi connectivity index (χ4n) is 12.9. The van der Waals surface area contributed by atoms with E-state index in [1.165, 1.54) is 165 Å². The molecule has 6 aliphatic rings. The zero-order valence-corrected chi connectivity index (χ0v) is 62.7. The molecular weight excluding hydrogens is 1170 g/mol. The molecule has 4 aromatic rings. The van der Waals surface area contributed by atoms with Crippen molar-refractivity contribution in [1.82, 2.24) is 9.80 Å². The second kappa shape index (κ2) is 39.7. The van der Waals surface area contributed by atoms with Gasteiger partial charge in [-0.1, -0.05) is 256 Å². The molecule has 0 amide bonds. The van der Waals surface area contributed by atoms with Gasteiger partial charge in [0.1, 0.15) is 0 Å². The van der Waals surface area contributed by atoms with Crippen molar-refractivity contribution >= 4 is 0 Å². The first-order valence-corrected chi connectivity index (χ1v) is 33.6. The molecule has 0 bridgehead atoms. The van der Waals surface area contributed by atoms with Crippen LogP contribution in [-0.4, -0.2) is 60.4 Å². The first kappa shape index (κ1) is 77.7. The molecule has 0 unspecified atom stereocenters. The van der Waals surface area contributed by atoms with E-state index >= 15 is 0 Å². The molecule has 2 saturated heterocycles. The standard InChI is InChI=1S/2C27H45NO.2C7H7O.2C4H8O.2Zn/c2*1-26(2,3)21-17-20(25(29)24(18-21)27(4,5)6)19-28(22-13-9-7-10-14-22)23-15-11-8-12-16-23;2*8-6-7-4-2-1-3-5-7;2*1-2-4-5-3-1;;/h2*17-18,22-23,29H,7-16,19H2,1-6H3;2*1-5H,6H2;2*1-4H2;;/q;;2*-1;;;2*+2/p-2. The monoisotopic (exact) mass is 1280 g/mol. The van der Waals surface area contributed by atoms with Crippen molar-refractivity contribution in [2.24, 2.45) is 0 Å².